The number of rotatable bonds is 6. The molecule has 0 spiro atoms. The van der Waals surface area contributed by atoms with Crippen LogP contribution >= 0.6 is 23.4 Å². The van der Waals surface area contributed by atoms with Gasteiger partial charge in [0.2, 0.25) is 11.8 Å². The molecule has 0 bridgehead atoms. The van der Waals surface area contributed by atoms with Gasteiger partial charge in [-0.1, -0.05) is 35.5 Å². The molecule has 2 aromatic rings. The van der Waals surface area contributed by atoms with E-state index in [1.54, 1.807) is 36.3 Å². The number of methoxy groups -OCH3 is 1. The zero-order chi connectivity index (χ0) is 21.0. The van der Waals surface area contributed by atoms with E-state index in [9.17, 15) is 9.59 Å². The highest BCUT2D eigenvalue weighted by molar-refractivity contribution is 8.15. The van der Waals surface area contributed by atoms with Gasteiger partial charge in [-0.05, 0) is 49.7 Å². The van der Waals surface area contributed by atoms with Crippen molar-refractivity contribution in [3.63, 3.8) is 0 Å². The summed E-state index contributed by atoms with van der Waals surface area (Å²) < 4.78 is 5.29. The number of benzene rings is 2. The van der Waals surface area contributed by atoms with Crippen molar-refractivity contribution < 1.29 is 14.3 Å². The van der Waals surface area contributed by atoms with Gasteiger partial charge in [0.05, 0.1) is 18.5 Å². The number of nitrogens with one attached hydrogen (secondary N) is 1. The highest BCUT2D eigenvalue weighted by Gasteiger charge is 2.38. The van der Waals surface area contributed by atoms with Crippen LogP contribution in [0.3, 0.4) is 0 Å². The van der Waals surface area contributed by atoms with Crippen molar-refractivity contribution in [1.29, 1.82) is 0 Å². The number of aryl methyl sites for hydroxylation is 1. The molecule has 1 atom stereocenters. The van der Waals surface area contributed by atoms with Gasteiger partial charge in [0, 0.05) is 18.0 Å². The van der Waals surface area contributed by atoms with E-state index in [2.05, 4.69) is 10.3 Å². The fourth-order valence-corrected chi connectivity index (χ4v) is 4.37. The first-order valence-corrected chi connectivity index (χ1v) is 10.4. The van der Waals surface area contributed by atoms with Crippen molar-refractivity contribution >= 4 is 51.7 Å². The van der Waals surface area contributed by atoms with Crippen LogP contribution in [0.15, 0.2) is 47.5 Å². The minimum Gasteiger partial charge on any atom is -0.495 e. The molecule has 1 aliphatic rings. The number of halogens is 1. The first-order valence-electron chi connectivity index (χ1n) is 9.18. The first-order chi connectivity index (χ1) is 13.9. The molecule has 0 radical (unpaired) electrons. The lowest BCUT2D eigenvalue weighted by atomic mass is 10.2. The maximum Gasteiger partial charge on any atom is 0.242 e. The van der Waals surface area contributed by atoms with Gasteiger partial charge < -0.3 is 10.1 Å². The third-order valence-corrected chi connectivity index (χ3v) is 5.78. The standard InChI is InChI=1S/C21H22ClN3O3S/c1-4-25-20(27)18(29-21(25)23-15-7-5-6-14(22)11-15)12-19(26)24-16-10-13(2)8-9-17(16)28-3/h5-11,18H,4,12H2,1-3H3,(H,24,26). The highest BCUT2D eigenvalue weighted by atomic mass is 35.5. The number of thioether (sulfide) groups is 1. The molecule has 152 valence electrons. The second-order valence-corrected chi connectivity index (χ2v) is 8.13. The number of hydrogen-bond donors (Lipinski definition) is 1. The number of amides is 2. The molecular weight excluding hydrogens is 410 g/mol. The lowest BCUT2D eigenvalue weighted by molar-refractivity contribution is -0.128. The Balaban J connectivity index is 1.73. The third kappa shape index (κ3) is 5.10. The van der Waals surface area contributed by atoms with Gasteiger partial charge in [-0.25, -0.2) is 4.99 Å². The quantitative estimate of drug-likeness (QED) is 0.723. The van der Waals surface area contributed by atoms with E-state index in [0.29, 0.717) is 33.9 Å². The van der Waals surface area contributed by atoms with Crippen molar-refractivity contribution in [2.45, 2.75) is 25.5 Å². The SMILES string of the molecule is CCN1C(=O)C(CC(=O)Nc2cc(C)ccc2OC)SC1=Nc1cccc(Cl)c1. The van der Waals surface area contributed by atoms with Gasteiger partial charge in [0.1, 0.15) is 11.0 Å². The largest absolute Gasteiger partial charge is 0.495 e. The van der Waals surface area contributed by atoms with Crippen LogP contribution < -0.4 is 10.1 Å². The third-order valence-electron chi connectivity index (χ3n) is 4.37. The number of hydrogen-bond acceptors (Lipinski definition) is 5. The Morgan fingerprint density at radius 1 is 1.31 bits per heavy atom. The van der Waals surface area contributed by atoms with Crippen LogP contribution in [0.4, 0.5) is 11.4 Å². The van der Waals surface area contributed by atoms with E-state index in [-0.39, 0.29) is 18.2 Å². The normalized spacial score (nSPS) is 17.7. The van der Waals surface area contributed by atoms with Crippen LogP contribution in [0.5, 0.6) is 5.75 Å². The number of carbonyl (C=O) groups excluding carboxylic acids is 2. The summed E-state index contributed by atoms with van der Waals surface area (Å²) in [4.78, 5) is 31.5. The Bertz CT molecular complexity index is 964. The van der Waals surface area contributed by atoms with E-state index in [1.165, 1.54) is 11.8 Å². The Labute approximate surface area is 179 Å². The molecule has 3 rings (SSSR count). The van der Waals surface area contributed by atoms with Crippen LogP contribution in [0.25, 0.3) is 0 Å². The van der Waals surface area contributed by atoms with Crippen LogP contribution in [0.1, 0.15) is 18.9 Å². The van der Waals surface area contributed by atoms with Gasteiger partial charge in [-0.15, -0.1) is 0 Å². The molecular formula is C21H22ClN3O3S. The molecule has 1 saturated heterocycles. The number of ether oxygens (including phenoxy) is 1. The average Bonchev–Trinajstić information content (AvgIpc) is 2.96. The Kier molecular flexibility index (Phi) is 6.82. The van der Waals surface area contributed by atoms with Crippen molar-refractivity contribution in [3.05, 3.63) is 53.1 Å². The van der Waals surface area contributed by atoms with Crippen molar-refractivity contribution in [3.8, 4) is 5.75 Å². The summed E-state index contributed by atoms with van der Waals surface area (Å²) in [6, 6.07) is 12.7. The lowest BCUT2D eigenvalue weighted by Crippen LogP contribution is -2.33. The van der Waals surface area contributed by atoms with E-state index in [4.69, 9.17) is 16.3 Å². The summed E-state index contributed by atoms with van der Waals surface area (Å²) in [6.45, 7) is 4.30. The number of amidine groups is 1. The van der Waals surface area contributed by atoms with Crippen molar-refractivity contribution in [1.82, 2.24) is 4.90 Å². The first kappa shape index (κ1) is 21.2. The topological polar surface area (TPSA) is 71.0 Å². The lowest BCUT2D eigenvalue weighted by Gasteiger charge is -2.14. The zero-order valence-corrected chi connectivity index (χ0v) is 18.0. The Hall–Kier alpha value is -2.51. The molecule has 8 heteroatoms. The smallest absolute Gasteiger partial charge is 0.242 e. The summed E-state index contributed by atoms with van der Waals surface area (Å²) >= 11 is 7.32. The van der Waals surface area contributed by atoms with Gasteiger partial charge in [0.25, 0.3) is 0 Å². The predicted molar refractivity (Wildman–Crippen MR) is 118 cm³/mol. The molecule has 2 amide bonds. The molecule has 0 aliphatic carbocycles. The summed E-state index contributed by atoms with van der Waals surface area (Å²) in [5, 5.41) is 3.48. The van der Waals surface area contributed by atoms with Crippen LogP contribution in [-0.4, -0.2) is 40.8 Å². The van der Waals surface area contributed by atoms with Crippen LogP contribution in [-0.2, 0) is 9.59 Å². The fraction of sp³-hybridized carbons (Fsp3) is 0.286. The van der Waals surface area contributed by atoms with Gasteiger partial charge in [-0.3, -0.25) is 14.5 Å². The van der Waals surface area contributed by atoms with Crippen LogP contribution in [0, 0.1) is 6.92 Å². The molecule has 6 nitrogen and oxygen atoms in total. The highest BCUT2D eigenvalue weighted by Crippen LogP contribution is 2.33. The van der Waals surface area contributed by atoms with Gasteiger partial charge in [0.15, 0.2) is 5.17 Å². The minimum absolute atomic E-state index is 0.0473. The molecule has 0 saturated carbocycles. The predicted octanol–water partition coefficient (Wildman–Crippen LogP) is 4.64. The molecule has 1 N–H and O–H groups in total. The molecule has 0 aromatic heterocycles. The average molecular weight is 432 g/mol. The maximum atomic E-state index is 12.8. The van der Waals surface area contributed by atoms with E-state index in [1.807, 2.05) is 32.0 Å². The van der Waals surface area contributed by atoms with E-state index < -0.39 is 5.25 Å². The number of aliphatic imine (C=N–C) groups is 1. The van der Waals surface area contributed by atoms with E-state index in [0.717, 1.165) is 5.56 Å². The van der Waals surface area contributed by atoms with Gasteiger partial charge >= 0.3 is 0 Å². The number of carbonyl (C=O) groups is 2. The molecule has 1 fully saturated rings. The summed E-state index contributed by atoms with van der Waals surface area (Å²) in [5.41, 5.74) is 2.26. The minimum atomic E-state index is -0.524. The number of anilines is 1. The molecule has 2 aromatic carbocycles. The van der Waals surface area contributed by atoms with Crippen molar-refractivity contribution in [2.75, 3.05) is 19.0 Å². The summed E-state index contributed by atoms with van der Waals surface area (Å²) in [6.07, 6.45) is 0.0473. The zero-order valence-electron chi connectivity index (χ0n) is 16.4. The second-order valence-electron chi connectivity index (χ2n) is 6.52. The number of nitrogens with zero attached hydrogens (tertiary/aromatic N) is 2. The van der Waals surface area contributed by atoms with Crippen molar-refractivity contribution in [2.24, 2.45) is 4.99 Å². The molecule has 1 heterocycles. The molecule has 1 aliphatic heterocycles. The summed E-state index contributed by atoms with van der Waals surface area (Å²) in [5.74, 6) is 0.206. The fourth-order valence-electron chi connectivity index (χ4n) is 2.96. The molecule has 29 heavy (non-hydrogen) atoms. The Morgan fingerprint density at radius 2 is 2.10 bits per heavy atom. The Morgan fingerprint density at radius 3 is 2.79 bits per heavy atom. The van der Waals surface area contributed by atoms with Gasteiger partial charge in [-0.2, -0.15) is 0 Å². The van der Waals surface area contributed by atoms with E-state index >= 15 is 0 Å². The second kappa shape index (κ2) is 9.33. The summed E-state index contributed by atoms with van der Waals surface area (Å²) in [7, 11) is 1.55. The van der Waals surface area contributed by atoms with Crippen LogP contribution in [0.2, 0.25) is 5.02 Å². The molecule has 1 unspecified atom stereocenters. The maximum absolute atomic E-state index is 12.8. The monoisotopic (exact) mass is 431 g/mol.